The zero-order chi connectivity index (χ0) is 21.0. The number of hydrogen-bond donors (Lipinski definition) is 1. The van der Waals surface area contributed by atoms with Crippen LogP contribution in [0.5, 0.6) is 5.88 Å². The predicted octanol–water partition coefficient (Wildman–Crippen LogP) is 4.24. The van der Waals surface area contributed by atoms with Crippen molar-refractivity contribution in [3.63, 3.8) is 0 Å². The lowest BCUT2D eigenvalue weighted by molar-refractivity contribution is -0.123. The number of anilines is 1. The summed E-state index contributed by atoms with van der Waals surface area (Å²) in [5.41, 5.74) is 1.64. The molecular weight excluding hydrogens is 441 g/mol. The number of ether oxygens (including phenoxy) is 1. The Labute approximate surface area is 175 Å². The molecule has 0 fully saturated rings. The summed E-state index contributed by atoms with van der Waals surface area (Å²) in [6.07, 6.45) is -0.399. The molecule has 150 valence electrons. The van der Waals surface area contributed by atoms with Crippen LogP contribution in [0.3, 0.4) is 0 Å². The average molecular weight is 460 g/mol. The van der Waals surface area contributed by atoms with Gasteiger partial charge in [-0.05, 0) is 61.4 Å². The Hall–Kier alpha value is -3.00. The summed E-state index contributed by atoms with van der Waals surface area (Å²) in [4.78, 5) is 24.7. The Kier molecular flexibility index (Phi) is 6.43. The molecule has 3 rings (SSSR count). The molecule has 0 saturated carbocycles. The van der Waals surface area contributed by atoms with Crippen molar-refractivity contribution in [2.24, 2.45) is 0 Å². The topological polar surface area (TPSA) is 73.2 Å². The van der Waals surface area contributed by atoms with Crippen molar-refractivity contribution in [2.75, 3.05) is 5.32 Å². The Balaban J connectivity index is 1.78. The Morgan fingerprint density at radius 3 is 2.59 bits per heavy atom. The number of nitrogens with zero attached hydrogens (tertiary/aromatic N) is 2. The zero-order valence-electron chi connectivity index (χ0n) is 15.9. The van der Waals surface area contributed by atoms with Crippen LogP contribution in [0.15, 0.2) is 63.9 Å². The Morgan fingerprint density at radius 1 is 1.21 bits per heavy atom. The number of aromatic nitrogens is 2. The molecule has 1 aromatic heterocycles. The third-order valence-corrected chi connectivity index (χ3v) is 5.09. The highest BCUT2D eigenvalue weighted by Gasteiger charge is 2.20. The number of hydrogen-bond acceptors (Lipinski definition) is 4. The van der Waals surface area contributed by atoms with E-state index in [-0.39, 0.29) is 11.8 Å². The third-order valence-electron chi connectivity index (χ3n) is 4.20. The van der Waals surface area contributed by atoms with Crippen molar-refractivity contribution in [3.8, 4) is 11.6 Å². The molecule has 0 unspecified atom stereocenters. The first-order valence-electron chi connectivity index (χ1n) is 8.97. The minimum Gasteiger partial charge on any atom is -0.463 e. The highest BCUT2D eigenvalue weighted by Crippen LogP contribution is 2.20. The summed E-state index contributed by atoms with van der Waals surface area (Å²) in [5, 5.41) is 6.97. The quantitative estimate of drug-likeness (QED) is 0.598. The molecule has 1 atom stereocenters. The molecule has 0 saturated heterocycles. The van der Waals surface area contributed by atoms with E-state index in [1.165, 1.54) is 36.4 Å². The Bertz CT molecular complexity index is 1080. The fraction of sp³-hybridized carbons (Fsp3) is 0.190. The molecule has 0 aliphatic rings. The average Bonchev–Trinajstić information content (AvgIpc) is 2.70. The van der Waals surface area contributed by atoms with E-state index in [0.717, 1.165) is 14.7 Å². The van der Waals surface area contributed by atoms with E-state index in [9.17, 15) is 14.0 Å². The van der Waals surface area contributed by atoms with Gasteiger partial charge in [-0.2, -0.15) is 4.68 Å². The van der Waals surface area contributed by atoms with Crippen LogP contribution in [-0.2, 0) is 4.79 Å². The molecule has 29 heavy (non-hydrogen) atoms. The highest BCUT2D eigenvalue weighted by molar-refractivity contribution is 9.10. The van der Waals surface area contributed by atoms with Gasteiger partial charge in [0.1, 0.15) is 5.82 Å². The molecule has 1 amide bonds. The minimum atomic E-state index is -0.800. The zero-order valence-corrected chi connectivity index (χ0v) is 17.4. The number of rotatable bonds is 6. The number of aryl methyl sites for hydroxylation is 1. The van der Waals surface area contributed by atoms with E-state index in [1.807, 2.05) is 26.0 Å². The molecule has 0 aliphatic heterocycles. The summed E-state index contributed by atoms with van der Waals surface area (Å²) >= 11 is 3.42. The van der Waals surface area contributed by atoms with Gasteiger partial charge in [0.05, 0.1) is 5.69 Å². The molecule has 0 aliphatic carbocycles. The van der Waals surface area contributed by atoms with Crippen LogP contribution < -0.4 is 15.6 Å². The second kappa shape index (κ2) is 9.00. The van der Waals surface area contributed by atoms with Crippen LogP contribution in [-0.4, -0.2) is 21.8 Å². The van der Waals surface area contributed by atoms with E-state index in [0.29, 0.717) is 17.8 Å². The predicted molar refractivity (Wildman–Crippen MR) is 112 cm³/mol. The van der Waals surface area contributed by atoms with Gasteiger partial charge >= 0.3 is 0 Å². The molecule has 8 heteroatoms. The van der Waals surface area contributed by atoms with Crippen LogP contribution in [0, 0.1) is 12.7 Å². The standard InChI is InChI=1S/C21H19BrFN3O3/c1-3-18(21(28)24-15-6-9-17(22)13(2)12-15)29-19-10-11-20(27)26(25-19)16-7-4-14(23)5-8-16/h4-12,18H,3H2,1-2H3,(H,24,28)/t18-/m1/s1. The summed E-state index contributed by atoms with van der Waals surface area (Å²) in [5.74, 6) is -0.626. The molecular formula is C21H19BrFN3O3. The number of benzene rings is 2. The van der Waals surface area contributed by atoms with Gasteiger partial charge in [-0.1, -0.05) is 22.9 Å². The van der Waals surface area contributed by atoms with Crippen LogP contribution >= 0.6 is 15.9 Å². The lowest BCUT2D eigenvalue weighted by Crippen LogP contribution is -2.33. The molecule has 0 spiro atoms. The SMILES string of the molecule is CC[C@@H](Oc1ccc(=O)n(-c2ccc(F)cc2)n1)C(=O)Nc1ccc(Br)c(C)c1. The van der Waals surface area contributed by atoms with Gasteiger partial charge < -0.3 is 10.1 Å². The van der Waals surface area contributed by atoms with Gasteiger partial charge in [0, 0.05) is 22.3 Å². The summed E-state index contributed by atoms with van der Waals surface area (Å²) < 4.78 is 20.9. The van der Waals surface area contributed by atoms with Crippen molar-refractivity contribution < 1.29 is 13.9 Å². The Morgan fingerprint density at radius 2 is 1.93 bits per heavy atom. The van der Waals surface area contributed by atoms with Gasteiger partial charge in [0.15, 0.2) is 6.10 Å². The molecule has 3 aromatic rings. The maximum atomic E-state index is 13.1. The van der Waals surface area contributed by atoms with Crippen molar-refractivity contribution in [2.45, 2.75) is 26.4 Å². The third kappa shape index (κ3) is 5.08. The van der Waals surface area contributed by atoms with E-state index < -0.39 is 17.5 Å². The summed E-state index contributed by atoms with van der Waals surface area (Å²) in [7, 11) is 0. The van der Waals surface area contributed by atoms with Crippen molar-refractivity contribution in [1.29, 1.82) is 0 Å². The van der Waals surface area contributed by atoms with Gasteiger partial charge in [-0.25, -0.2) is 4.39 Å². The van der Waals surface area contributed by atoms with E-state index in [2.05, 4.69) is 26.3 Å². The lowest BCUT2D eigenvalue weighted by atomic mass is 10.2. The first kappa shape index (κ1) is 20.7. The van der Waals surface area contributed by atoms with Gasteiger partial charge in [-0.3, -0.25) is 9.59 Å². The number of nitrogens with one attached hydrogen (secondary N) is 1. The van der Waals surface area contributed by atoms with Crippen molar-refractivity contribution in [3.05, 3.63) is 80.8 Å². The molecule has 1 N–H and O–H groups in total. The molecule has 0 radical (unpaired) electrons. The number of amides is 1. The fourth-order valence-corrected chi connectivity index (χ4v) is 2.88. The van der Waals surface area contributed by atoms with E-state index in [1.54, 1.807) is 6.07 Å². The second-order valence-electron chi connectivity index (χ2n) is 6.37. The molecule has 6 nitrogen and oxygen atoms in total. The highest BCUT2D eigenvalue weighted by atomic mass is 79.9. The maximum absolute atomic E-state index is 13.1. The van der Waals surface area contributed by atoms with Gasteiger partial charge in [0.25, 0.3) is 11.5 Å². The van der Waals surface area contributed by atoms with Crippen LogP contribution in [0.1, 0.15) is 18.9 Å². The first-order chi connectivity index (χ1) is 13.9. The first-order valence-corrected chi connectivity index (χ1v) is 9.76. The monoisotopic (exact) mass is 459 g/mol. The largest absolute Gasteiger partial charge is 0.463 e. The van der Waals surface area contributed by atoms with Gasteiger partial charge in [-0.15, -0.1) is 5.10 Å². The van der Waals surface area contributed by atoms with Crippen LogP contribution in [0.4, 0.5) is 10.1 Å². The van der Waals surface area contributed by atoms with E-state index >= 15 is 0 Å². The van der Waals surface area contributed by atoms with Crippen molar-refractivity contribution >= 4 is 27.5 Å². The second-order valence-corrected chi connectivity index (χ2v) is 7.22. The minimum absolute atomic E-state index is 0.114. The van der Waals surface area contributed by atoms with Crippen LogP contribution in [0.2, 0.25) is 0 Å². The fourth-order valence-electron chi connectivity index (χ4n) is 2.64. The number of carbonyl (C=O) groups is 1. The molecule has 1 heterocycles. The lowest BCUT2D eigenvalue weighted by Gasteiger charge is -2.17. The molecule has 0 bridgehead atoms. The summed E-state index contributed by atoms with van der Waals surface area (Å²) in [6.45, 7) is 3.74. The number of carbonyl (C=O) groups excluding carboxylic acids is 1. The summed E-state index contributed by atoms with van der Waals surface area (Å²) in [6, 6.07) is 13.5. The smallest absolute Gasteiger partial charge is 0.271 e. The van der Waals surface area contributed by atoms with Crippen LogP contribution in [0.25, 0.3) is 5.69 Å². The molecule has 2 aromatic carbocycles. The van der Waals surface area contributed by atoms with Gasteiger partial charge in [0.2, 0.25) is 5.88 Å². The number of halogens is 2. The normalized spacial score (nSPS) is 11.7. The van der Waals surface area contributed by atoms with Crippen molar-refractivity contribution in [1.82, 2.24) is 9.78 Å². The van der Waals surface area contributed by atoms with E-state index in [4.69, 9.17) is 4.74 Å². The maximum Gasteiger partial charge on any atom is 0.271 e.